The fraction of sp³-hybridized carbons (Fsp3) is 0.0556. The zero-order valence-corrected chi connectivity index (χ0v) is 14.1. The van der Waals surface area contributed by atoms with Gasteiger partial charge in [-0.25, -0.2) is 0 Å². The molecule has 4 nitrogen and oxygen atoms in total. The van der Waals surface area contributed by atoms with E-state index in [4.69, 9.17) is 11.6 Å². The van der Waals surface area contributed by atoms with Crippen LogP contribution in [-0.4, -0.2) is 9.67 Å². The van der Waals surface area contributed by atoms with Crippen LogP contribution in [0.15, 0.2) is 69.3 Å². The lowest BCUT2D eigenvalue weighted by Crippen LogP contribution is -2.23. The van der Waals surface area contributed by atoms with E-state index in [0.717, 1.165) is 26.7 Å². The normalized spacial score (nSPS) is 12.2. The Kier molecular flexibility index (Phi) is 3.84. The van der Waals surface area contributed by atoms with Crippen LogP contribution < -0.4 is 10.9 Å². The first kappa shape index (κ1) is 15.3. The third-order valence-electron chi connectivity index (χ3n) is 3.90. The number of nitrogens with zero attached hydrogens (tertiary/aromatic N) is 1. The lowest BCUT2D eigenvalue weighted by atomic mass is 10.0. The molecule has 0 spiro atoms. The third-order valence-corrected chi connectivity index (χ3v) is 5.25. The number of aliphatic hydroxyl groups excluding tert-OH is 1. The number of hydrogen-bond donors (Lipinski definition) is 2. The van der Waals surface area contributed by atoms with Crippen LogP contribution in [0.1, 0.15) is 0 Å². The standard InChI is InChI=1S/C18H13ClN2O2S/c19-12-7-5-11(6-8-12)16-17-15(9-21(10-22)18(16)23)24-14-4-2-1-3-13(14)20-17/h1-9,20,22H,10H2. The van der Waals surface area contributed by atoms with Gasteiger partial charge in [-0.3, -0.25) is 9.36 Å². The van der Waals surface area contributed by atoms with Crippen LogP contribution in [0.4, 0.5) is 11.4 Å². The molecule has 0 fully saturated rings. The highest BCUT2D eigenvalue weighted by molar-refractivity contribution is 7.99. The molecular weight excluding hydrogens is 344 g/mol. The Morgan fingerprint density at radius 3 is 2.58 bits per heavy atom. The number of anilines is 2. The van der Waals surface area contributed by atoms with E-state index < -0.39 is 0 Å². The van der Waals surface area contributed by atoms with E-state index >= 15 is 0 Å². The smallest absolute Gasteiger partial charge is 0.262 e. The summed E-state index contributed by atoms with van der Waals surface area (Å²) in [6.07, 6.45) is 1.69. The molecule has 2 aromatic carbocycles. The van der Waals surface area contributed by atoms with Crippen LogP contribution in [-0.2, 0) is 6.73 Å². The van der Waals surface area contributed by atoms with Crippen molar-refractivity contribution in [2.24, 2.45) is 0 Å². The summed E-state index contributed by atoms with van der Waals surface area (Å²) in [7, 11) is 0. The minimum Gasteiger partial charge on any atom is -0.376 e. The molecule has 1 aliphatic heterocycles. The van der Waals surface area contributed by atoms with Crippen molar-refractivity contribution in [1.29, 1.82) is 0 Å². The highest BCUT2D eigenvalue weighted by Crippen LogP contribution is 2.46. The SMILES string of the molecule is O=c1c(-c2ccc(Cl)cc2)c2c(cn1CO)Sc1ccccc1N2. The molecule has 0 atom stereocenters. The second-order valence-electron chi connectivity index (χ2n) is 5.39. The zero-order valence-electron chi connectivity index (χ0n) is 12.5. The third kappa shape index (κ3) is 2.51. The molecule has 1 aromatic heterocycles. The number of fused-ring (bicyclic) bond motifs is 2. The molecule has 0 unspecified atom stereocenters. The van der Waals surface area contributed by atoms with Gasteiger partial charge in [0.1, 0.15) is 6.73 Å². The first-order valence-corrected chi connectivity index (χ1v) is 8.55. The molecule has 120 valence electrons. The minimum atomic E-state index is -0.366. The van der Waals surface area contributed by atoms with E-state index in [-0.39, 0.29) is 12.3 Å². The molecule has 1 aliphatic rings. The Morgan fingerprint density at radius 2 is 1.83 bits per heavy atom. The van der Waals surface area contributed by atoms with Gasteiger partial charge in [0.2, 0.25) is 0 Å². The van der Waals surface area contributed by atoms with Crippen LogP contribution in [0, 0.1) is 0 Å². The molecule has 2 N–H and O–H groups in total. The van der Waals surface area contributed by atoms with Crippen LogP contribution in [0.25, 0.3) is 11.1 Å². The molecule has 4 rings (SSSR count). The summed E-state index contributed by atoms with van der Waals surface area (Å²) in [5.74, 6) is 0. The summed E-state index contributed by atoms with van der Waals surface area (Å²) in [6, 6.07) is 15.1. The van der Waals surface area contributed by atoms with Gasteiger partial charge in [-0.15, -0.1) is 0 Å². The Bertz CT molecular complexity index is 983. The molecule has 0 radical (unpaired) electrons. The van der Waals surface area contributed by atoms with Crippen LogP contribution in [0.3, 0.4) is 0 Å². The van der Waals surface area contributed by atoms with Gasteiger partial charge < -0.3 is 10.4 Å². The predicted molar refractivity (Wildman–Crippen MR) is 97.2 cm³/mol. The van der Waals surface area contributed by atoms with Crippen molar-refractivity contribution in [2.75, 3.05) is 5.32 Å². The summed E-state index contributed by atoms with van der Waals surface area (Å²) in [5.41, 5.74) is 2.77. The number of pyridine rings is 1. The summed E-state index contributed by atoms with van der Waals surface area (Å²) < 4.78 is 1.31. The number of nitrogens with one attached hydrogen (secondary N) is 1. The molecular formula is C18H13ClN2O2S. The lowest BCUT2D eigenvalue weighted by molar-refractivity contribution is 0.205. The maximum Gasteiger partial charge on any atom is 0.262 e. The maximum absolute atomic E-state index is 12.8. The number of rotatable bonds is 2. The van der Waals surface area contributed by atoms with Crippen molar-refractivity contribution in [3.05, 3.63) is 70.1 Å². The Hall–Kier alpha value is -2.21. The van der Waals surface area contributed by atoms with E-state index in [0.29, 0.717) is 10.6 Å². The molecule has 6 heteroatoms. The minimum absolute atomic E-state index is 0.244. The van der Waals surface area contributed by atoms with E-state index in [1.807, 2.05) is 36.4 Å². The molecule has 2 heterocycles. The van der Waals surface area contributed by atoms with Gasteiger partial charge in [-0.1, -0.05) is 47.6 Å². The largest absolute Gasteiger partial charge is 0.376 e. The number of para-hydroxylation sites is 1. The first-order valence-electron chi connectivity index (χ1n) is 7.35. The van der Waals surface area contributed by atoms with Gasteiger partial charge in [-0.05, 0) is 29.8 Å². The number of benzene rings is 2. The van der Waals surface area contributed by atoms with Gasteiger partial charge in [0, 0.05) is 16.1 Å². The van der Waals surface area contributed by atoms with Crippen molar-refractivity contribution in [3.8, 4) is 11.1 Å². The van der Waals surface area contributed by atoms with Gasteiger partial charge in [0.25, 0.3) is 5.56 Å². The van der Waals surface area contributed by atoms with Crippen molar-refractivity contribution < 1.29 is 5.11 Å². The maximum atomic E-state index is 12.8. The predicted octanol–water partition coefficient (Wildman–Crippen LogP) is 4.33. The number of halogens is 1. The summed E-state index contributed by atoms with van der Waals surface area (Å²) >= 11 is 7.54. The van der Waals surface area contributed by atoms with E-state index in [1.54, 1.807) is 30.1 Å². The number of aliphatic hydroxyl groups is 1. The molecule has 24 heavy (non-hydrogen) atoms. The zero-order chi connectivity index (χ0) is 16.7. The fourth-order valence-corrected chi connectivity index (χ4v) is 3.92. The van der Waals surface area contributed by atoms with Crippen molar-refractivity contribution in [1.82, 2.24) is 4.57 Å². The number of hydrogen-bond acceptors (Lipinski definition) is 4. The quantitative estimate of drug-likeness (QED) is 0.561. The average Bonchev–Trinajstić information content (AvgIpc) is 2.61. The Morgan fingerprint density at radius 1 is 1.08 bits per heavy atom. The van der Waals surface area contributed by atoms with Crippen molar-refractivity contribution in [2.45, 2.75) is 16.5 Å². The Labute approximate surface area is 147 Å². The van der Waals surface area contributed by atoms with Gasteiger partial charge in [0.05, 0.1) is 21.8 Å². The second kappa shape index (κ2) is 6.02. The van der Waals surface area contributed by atoms with Crippen molar-refractivity contribution in [3.63, 3.8) is 0 Å². The van der Waals surface area contributed by atoms with E-state index in [1.165, 1.54) is 4.57 Å². The van der Waals surface area contributed by atoms with E-state index in [9.17, 15) is 9.90 Å². The molecule has 0 saturated heterocycles. The van der Waals surface area contributed by atoms with Gasteiger partial charge in [-0.2, -0.15) is 0 Å². The molecule has 0 amide bonds. The van der Waals surface area contributed by atoms with Crippen LogP contribution in [0.2, 0.25) is 5.02 Å². The van der Waals surface area contributed by atoms with Crippen LogP contribution >= 0.6 is 23.4 Å². The average molecular weight is 357 g/mol. The topological polar surface area (TPSA) is 54.3 Å². The highest BCUT2D eigenvalue weighted by atomic mass is 35.5. The lowest BCUT2D eigenvalue weighted by Gasteiger charge is -2.24. The fourth-order valence-electron chi connectivity index (χ4n) is 2.74. The summed E-state index contributed by atoms with van der Waals surface area (Å²) in [6.45, 7) is -0.366. The number of aromatic nitrogens is 1. The monoisotopic (exact) mass is 356 g/mol. The van der Waals surface area contributed by atoms with Crippen molar-refractivity contribution >= 4 is 34.7 Å². The first-order chi connectivity index (χ1) is 11.7. The molecule has 3 aromatic rings. The highest BCUT2D eigenvalue weighted by Gasteiger charge is 2.23. The second-order valence-corrected chi connectivity index (χ2v) is 6.91. The summed E-state index contributed by atoms with van der Waals surface area (Å²) in [4.78, 5) is 14.8. The molecule has 0 bridgehead atoms. The molecule has 0 saturated carbocycles. The van der Waals surface area contributed by atoms with Gasteiger partial charge >= 0.3 is 0 Å². The Balaban J connectivity index is 1.97. The summed E-state index contributed by atoms with van der Waals surface area (Å²) in [5, 5.41) is 13.5. The van der Waals surface area contributed by atoms with Crippen LogP contribution in [0.5, 0.6) is 0 Å². The van der Waals surface area contributed by atoms with Gasteiger partial charge in [0.15, 0.2) is 0 Å². The molecule has 0 aliphatic carbocycles. The van der Waals surface area contributed by atoms with E-state index in [2.05, 4.69) is 5.32 Å².